The Bertz CT molecular complexity index is 373. The summed E-state index contributed by atoms with van der Waals surface area (Å²) in [6.45, 7) is 2.64. The molecule has 0 heterocycles. The van der Waals surface area contributed by atoms with E-state index in [0.717, 1.165) is 5.92 Å². The van der Waals surface area contributed by atoms with Gasteiger partial charge in [-0.15, -0.1) is 0 Å². The van der Waals surface area contributed by atoms with E-state index in [2.05, 4.69) is 12.2 Å². The summed E-state index contributed by atoms with van der Waals surface area (Å²) in [5.74, 6) is 0.768. The Morgan fingerprint density at radius 1 is 1.35 bits per heavy atom. The molecule has 2 unspecified atom stereocenters. The minimum Gasteiger partial charge on any atom is -0.387 e. The molecule has 0 bridgehead atoms. The molecule has 0 aliphatic heterocycles. The maximum Gasteiger partial charge on any atom is 0.0943 e. The molecule has 2 rings (SSSR count). The van der Waals surface area contributed by atoms with Crippen LogP contribution < -0.4 is 5.32 Å². The van der Waals surface area contributed by atoms with Crippen LogP contribution in [0.25, 0.3) is 0 Å². The molecule has 1 aliphatic carbocycles. The molecule has 1 saturated carbocycles. The quantitative estimate of drug-likeness (QED) is 0.862. The lowest BCUT2D eigenvalue weighted by Gasteiger charge is -2.18. The van der Waals surface area contributed by atoms with Gasteiger partial charge in [0.05, 0.1) is 6.10 Å². The van der Waals surface area contributed by atoms with Crippen molar-refractivity contribution in [3.63, 3.8) is 0 Å². The van der Waals surface area contributed by atoms with Crippen molar-refractivity contribution in [2.24, 2.45) is 5.92 Å². The summed E-state index contributed by atoms with van der Waals surface area (Å²) in [6, 6.07) is 5.72. The third kappa shape index (κ3) is 3.35. The van der Waals surface area contributed by atoms with Gasteiger partial charge in [-0.1, -0.05) is 29.3 Å². The van der Waals surface area contributed by atoms with Crippen LogP contribution in [-0.2, 0) is 0 Å². The van der Waals surface area contributed by atoms with Gasteiger partial charge >= 0.3 is 0 Å². The summed E-state index contributed by atoms with van der Waals surface area (Å²) in [4.78, 5) is 0. The van der Waals surface area contributed by atoms with Crippen LogP contribution in [0.3, 0.4) is 0 Å². The standard InChI is InChI=1S/C13H17Cl2NO/c1-8(9-5-6-9)16-7-12(17)13-10(14)3-2-4-11(13)15/h2-4,8-9,12,16-17H,5-7H2,1H3. The van der Waals surface area contributed by atoms with Crippen LogP contribution in [0.2, 0.25) is 10.0 Å². The van der Waals surface area contributed by atoms with Gasteiger partial charge < -0.3 is 10.4 Å². The maximum absolute atomic E-state index is 10.1. The fourth-order valence-corrected chi connectivity index (χ4v) is 2.64. The van der Waals surface area contributed by atoms with E-state index < -0.39 is 6.10 Å². The van der Waals surface area contributed by atoms with Gasteiger partial charge in [-0.25, -0.2) is 0 Å². The van der Waals surface area contributed by atoms with Gasteiger partial charge in [0.15, 0.2) is 0 Å². The number of benzene rings is 1. The third-order valence-corrected chi connectivity index (χ3v) is 3.95. The summed E-state index contributed by atoms with van der Waals surface area (Å²) in [6.07, 6.45) is 1.92. The molecule has 1 fully saturated rings. The van der Waals surface area contributed by atoms with E-state index in [1.54, 1.807) is 18.2 Å². The molecule has 1 aliphatic rings. The number of nitrogens with one attached hydrogen (secondary N) is 1. The molecule has 1 aromatic rings. The Kier molecular flexibility index (Phi) is 4.31. The molecule has 2 atom stereocenters. The van der Waals surface area contributed by atoms with Gasteiger partial charge in [0.1, 0.15) is 0 Å². The van der Waals surface area contributed by atoms with Gasteiger partial charge in [-0.2, -0.15) is 0 Å². The summed E-state index contributed by atoms with van der Waals surface area (Å²) >= 11 is 12.1. The van der Waals surface area contributed by atoms with E-state index in [-0.39, 0.29) is 0 Å². The van der Waals surface area contributed by atoms with Crippen molar-refractivity contribution in [3.05, 3.63) is 33.8 Å². The van der Waals surface area contributed by atoms with Crippen molar-refractivity contribution in [2.45, 2.75) is 31.9 Å². The smallest absolute Gasteiger partial charge is 0.0943 e. The predicted octanol–water partition coefficient (Wildman–Crippen LogP) is 3.41. The van der Waals surface area contributed by atoms with Crippen LogP contribution in [0.15, 0.2) is 18.2 Å². The Hall–Kier alpha value is -0.280. The molecular weight excluding hydrogens is 257 g/mol. The second-order valence-electron chi connectivity index (χ2n) is 4.69. The number of hydrogen-bond donors (Lipinski definition) is 2. The molecule has 0 aromatic heterocycles. The SMILES string of the molecule is CC(NCC(O)c1c(Cl)cccc1Cl)C1CC1. The first-order chi connectivity index (χ1) is 8.09. The van der Waals surface area contributed by atoms with Gasteiger partial charge in [0.2, 0.25) is 0 Å². The van der Waals surface area contributed by atoms with Gasteiger partial charge in [-0.3, -0.25) is 0 Å². The second-order valence-corrected chi connectivity index (χ2v) is 5.50. The minimum atomic E-state index is -0.655. The summed E-state index contributed by atoms with van der Waals surface area (Å²) < 4.78 is 0. The predicted molar refractivity (Wildman–Crippen MR) is 71.6 cm³/mol. The molecule has 0 spiro atoms. The average molecular weight is 274 g/mol. The van der Waals surface area contributed by atoms with E-state index in [0.29, 0.717) is 28.2 Å². The number of aliphatic hydroxyl groups is 1. The highest BCUT2D eigenvalue weighted by molar-refractivity contribution is 6.36. The van der Waals surface area contributed by atoms with Crippen LogP contribution in [0.4, 0.5) is 0 Å². The van der Waals surface area contributed by atoms with Crippen LogP contribution in [0.5, 0.6) is 0 Å². The first-order valence-corrected chi connectivity index (χ1v) is 6.70. The zero-order valence-corrected chi connectivity index (χ0v) is 11.3. The lowest BCUT2D eigenvalue weighted by Crippen LogP contribution is -2.32. The molecule has 2 N–H and O–H groups in total. The summed E-state index contributed by atoms with van der Waals surface area (Å²) in [7, 11) is 0. The molecular formula is C13H17Cl2NO. The Balaban J connectivity index is 1.96. The third-order valence-electron chi connectivity index (χ3n) is 3.30. The summed E-state index contributed by atoms with van der Waals surface area (Å²) in [5.41, 5.74) is 0.617. The van der Waals surface area contributed by atoms with Crippen molar-refractivity contribution in [1.82, 2.24) is 5.32 Å². The molecule has 2 nitrogen and oxygen atoms in total. The molecule has 0 amide bonds. The summed E-state index contributed by atoms with van der Waals surface area (Å²) in [5, 5.41) is 14.5. The highest BCUT2D eigenvalue weighted by Crippen LogP contribution is 2.33. The van der Waals surface area contributed by atoms with Gasteiger partial charge in [-0.05, 0) is 37.8 Å². The molecule has 0 saturated heterocycles. The van der Waals surface area contributed by atoms with Crippen molar-refractivity contribution in [3.8, 4) is 0 Å². The van der Waals surface area contributed by atoms with Crippen molar-refractivity contribution in [1.29, 1.82) is 0 Å². The zero-order chi connectivity index (χ0) is 12.4. The Morgan fingerprint density at radius 3 is 2.47 bits per heavy atom. The Morgan fingerprint density at radius 2 is 1.94 bits per heavy atom. The highest BCUT2D eigenvalue weighted by Gasteiger charge is 2.28. The van der Waals surface area contributed by atoms with Crippen molar-refractivity contribution >= 4 is 23.2 Å². The van der Waals surface area contributed by atoms with Gasteiger partial charge in [0.25, 0.3) is 0 Å². The topological polar surface area (TPSA) is 32.3 Å². The van der Waals surface area contributed by atoms with Crippen molar-refractivity contribution < 1.29 is 5.11 Å². The van der Waals surface area contributed by atoms with Crippen LogP contribution in [0, 0.1) is 5.92 Å². The van der Waals surface area contributed by atoms with Gasteiger partial charge in [0, 0.05) is 28.2 Å². The maximum atomic E-state index is 10.1. The molecule has 4 heteroatoms. The van der Waals surface area contributed by atoms with Crippen LogP contribution in [0.1, 0.15) is 31.4 Å². The molecule has 94 valence electrons. The fourth-order valence-electron chi connectivity index (χ4n) is 1.99. The van der Waals surface area contributed by atoms with E-state index in [9.17, 15) is 5.11 Å². The number of rotatable bonds is 5. The first-order valence-electron chi connectivity index (χ1n) is 5.95. The van der Waals surface area contributed by atoms with E-state index in [4.69, 9.17) is 23.2 Å². The highest BCUT2D eigenvalue weighted by atomic mass is 35.5. The number of halogens is 2. The van der Waals surface area contributed by atoms with E-state index >= 15 is 0 Å². The lowest BCUT2D eigenvalue weighted by atomic mass is 10.1. The molecule has 0 radical (unpaired) electrons. The minimum absolute atomic E-state index is 0.450. The lowest BCUT2D eigenvalue weighted by molar-refractivity contribution is 0.169. The van der Waals surface area contributed by atoms with Crippen LogP contribution in [-0.4, -0.2) is 17.7 Å². The zero-order valence-electron chi connectivity index (χ0n) is 9.79. The monoisotopic (exact) mass is 273 g/mol. The molecule has 1 aromatic carbocycles. The second kappa shape index (κ2) is 5.57. The largest absolute Gasteiger partial charge is 0.387 e. The van der Waals surface area contributed by atoms with E-state index in [1.807, 2.05) is 0 Å². The Labute approximate surface area is 112 Å². The average Bonchev–Trinajstić information content (AvgIpc) is 3.09. The van der Waals surface area contributed by atoms with Crippen LogP contribution >= 0.6 is 23.2 Å². The fraction of sp³-hybridized carbons (Fsp3) is 0.538. The molecule has 17 heavy (non-hydrogen) atoms. The normalized spacial score (nSPS) is 19.1. The number of aliphatic hydroxyl groups excluding tert-OH is 1. The first kappa shape index (κ1) is 13.2. The van der Waals surface area contributed by atoms with Crippen molar-refractivity contribution in [2.75, 3.05) is 6.54 Å². The number of hydrogen-bond acceptors (Lipinski definition) is 2. The van der Waals surface area contributed by atoms with E-state index in [1.165, 1.54) is 12.8 Å².